The maximum absolute atomic E-state index is 13.8. The number of hydrogen-bond donors (Lipinski definition) is 1. The maximum atomic E-state index is 13.8. The van der Waals surface area contributed by atoms with Crippen LogP contribution in [0.5, 0.6) is 17.2 Å². The van der Waals surface area contributed by atoms with E-state index >= 15 is 0 Å². The minimum atomic E-state index is -4.25. The molecule has 3 rings (SSSR count). The first-order chi connectivity index (χ1) is 18.1. The predicted molar refractivity (Wildman–Crippen MR) is 144 cm³/mol. The van der Waals surface area contributed by atoms with Crippen molar-refractivity contribution in [3.63, 3.8) is 0 Å². The highest BCUT2D eigenvalue weighted by atomic mass is 32.2. The number of sulfonamides is 1. The van der Waals surface area contributed by atoms with Gasteiger partial charge in [0.15, 0.2) is 11.5 Å². The standard InChI is InChI=1S/C28H33FN2O6S/c1-19(2)16-25(20-6-12-23(35-3)13-7-20)30-28(32)18-31(22-10-8-21(29)9-11-22)38(33,34)24-14-15-26(36-4)27(17-24)37-5/h6-15,17,19,25H,16,18H2,1-5H3,(H,30,32). The lowest BCUT2D eigenvalue weighted by Gasteiger charge is -2.27. The van der Waals surface area contributed by atoms with E-state index in [9.17, 15) is 17.6 Å². The second-order valence-corrected chi connectivity index (χ2v) is 10.9. The first kappa shape index (κ1) is 28.8. The summed E-state index contributed by atoms with van der Waals surface area (Å²) in [6.07, 6.45) is 0.636. The van der Waals surface area contributed by atoms with Gasteiger partial charge < -0.3 is 19.5 Å². The summed E-state index contributed by atoms with van der Waals surface area (Å²) < 4.78 is 57.8. The Morgan fingerprint density at radius 2 is 1.53 bits per heavy atom. The number of halogens is 1. The zero-order valence-electron chi connectivity index (χ0n) is 22.1. The Morgan fingerprint density at radius 3 is 2.08 bits per heavy atom. The van der Waals surface area contributed by atoms with Crippen molar-refractivity contribution < 1.29 is 31.8 Å². The van der Waals surface area contributed by atoms with Gasteiger partial charge in [0.05, 0.1) is 38.0 Å². The minimum Gasteiger partial charge on any atom is -0.497 e. The van der Waals surface area contributed by atoms with Gasteiger partial charge in [-0.2, -0.15) is 0 Å². The number of benzene rings is 3. The van der Waals surface area contributed by atoms with Gasteiger partial charge in [0.25, 0.3) is 10.0 Å². The molecule has 3 aromatic rings. The fraction of sp³-hybridized carbons (Fsp3) is 0.321. The quantitative estimate of drug-likeness (QED) is 0.347. The highest BCUT2D eigenvalue weighted by Gasteiger charge is 2.29. The van der Waals surface area contributed by atoms with Crippen molar-refractivity contribution in [1.82, 2.24) is 5.32 Å². The van der Waals surface area contributed by atoms with Crippen LogP contribution in [0, 0.1) is 11.7 Å². The largest absolute Gasteiger partial charge is 0.497 e. The number of methoxy groups -OCH3 is 3. The summed E-state index contributed by atoms with van der Waals surface area (Å²) in [7, 11) is 0.159. The fourth-order valence-electron chi connectivity index (χ4n) is 3.98. The van der Waals surface area contributed by atoms with Crippen molar-refractivity contribution in [2.45, 2.75) is 31.2 Å². The molecular formula is C28H33FN2O6S. The number of amides is 1. The SMILES string of the molecule is COc1ccc(C(CC(C)C)NC(=O)CN(c2ccc(F)cc2)S(=O)(=O)c2ccc(OC)c(OC)c2)cc1. The topological polar surface area (TPSA) is 94.2 Å². The molecule has 1 atom stereocenters. The number of hydrogen-bond acceptors (Lipinski definition) is 6. The van der Waals surface area contributed by atoms with Gasteiger partial charge >= 0.3 is 0 Å². The van der Waals surface area contributed by atoms with Crippen LogP contribution in [-0.4, -0.2) is 42.2 Å². The molecule has 0 saturated carbocycles. The van der Waals surface area contributed by atoms with E-state index in [4.69, 9.17) is 14.2 Å². The smallest absolute Gasteiger partial charge is 0.264 e. The zero-order chi connectivity index (χ0) is 27.9. The average Bonchev–Trinajstić information content (AvgIpc) is 2.91. The number of carbonyl (C=O) groups is 1. The van der Waals surface area contributed by atoms with Gasteiger partial charge in [0.2, 0.25) is 5.91 Å². The van der Waals surface area contributed by atoms with E-state index in [2.05, 4.69) is 5.32 Å². The second kappa shape index (κ2) is 12.6. The summed E-state index contributed by atoms with van der Waals surface area (Å²) >= 11 is 0. The molecule has 10 heteroatoms. The highest BCUT2D eigenvalue weighted by Crippen LogP contribution is 2.32. The van der Waals surface area contributed by atoms with Crippen molar-refractivity contribution >= 4 is 21.6 Å². The lowest BCUT2D eigenvalue weighted by atomic mass is 9.97. The molecule has 0 radical (unpaired) electrons. The molecule has 38 heavy (non-hydrogen) atoms. The average molecular weight is 545 g/mol. The third kappa shape index (κ3) is 6.95. The molecule has 1 amide bonds. The lowest BCUT2D eigenvalue weighted by molar-refractivity contribution is -0.120. The van der Waals surface area contributed by atoms with Gasteiger partial charge in [-0.3, -0.25) is 9.10 Å². The summed E-state index contributed by atoms with van der Waals surface area (Å²) in [5.41, 5.74) is 1.00. The predicted octanol–water partition coefficient (Wildman–Crippen LogP) is 4.95. The van der Waals surface area contributed by atoms with Crippen LogP contribution < -0.4 is 23.8 Å². The van der Waals surface area contributed by atoms with Crippen LogP contribution in [0.3, 0.4) is 0 Å². The van der Waals surface area contributed by atoms with Crippen LogP contribution >= 0.6 is 0 Å². The van der Waals surface area contributed by atoms with Crippen LogP contribution in [0.2, 0.25) is 0 Å². The highest BCUT2D eigenvalue weighted by molar-refractivity contribution is 7.92. The first-order valence-corrected chi connectivity index (χ1v) is 13.5. The van der Waals surface area contributed by atoms with Gasteiger partial charge in [-0.1, -0.05) is 26.0 Å². The van der Waals surface area contributed by atoms with Gasteiger partial charge in [-0.15, -0.1) is 0 Å². The van der Waals surface area contributed by atoms with E-state index in [1.165, 1.54) is 44.6 Å². The molecule has 0 spiro atoms. The van der Waals surface area contributed by atoms with Crippen LogP contribution in [0.1, 0.15) is 31.9 Å². The third-order valence-electron chi connectivity index (χ3n) is 5.91. The summed E-state index contributed by atoms with van der Waals surface area (Å²) in [4.78, 5) is 13.2. The number of carbonyl (C=O) groups excluding carboxylic acids is 1. The Kier molecular flexibility index (Phi) is 9.57. The molecule has 1 unspecified atom stereocenters. The molecule has 0 fully saturated rings. The van der Waals surface area contributed by atoms with Crippen molar-refractivity contribution in [2.75, 3.05) is 32.2 Å². The molecule has 0 aliphatic carbocycles. The van der Waals surface area contributed by atoms with Crippen molar-refractivity contribution in [1.29, 1.82) is 0 Å². The van der Waals surface area contributed by atoms with Gasteiger partial charge in [-0.25, -0.2) is 12.8 Å². The summed E-state index contributed by atoms with van der Waals surface area (Å²) in [5.74, 6) is 0.470. The second-order valence-electron chi connectivity index (χ2n) is 9.03. The van der Waals surface area contributed by atoms with Crippen LogP contribution in [0.15, 0.2) is 71.6 Å². The number of nitrogens with one attached hydrogen (secondary N) is 1. The van der Waals surface area contributed by atoms with E-state index in [-0.39, 0.29) is 28.3 Å². The van der Waals surface area contributed by atoms with Crippen molar-refractivity contribution in [3.8, 4) is 17.2 Å². The Bertz CT molecular complexity index is 1330. The normalized spacial score (nSPS) is 12.1. The van der Waals surface area contributed by atoms with E-state index in [0.717, 1.165) is 22.0 Å². The third-order valence-corrected chi connectivity index (χ3v) is 7.68. The molecule has 0 aliphatic rings. The van der Waals surface area contributed by atoms with E-state index in [1.54, 1.807) is 19.2 Å². The van der Waals surface area contributed by atoms with Gasteiger partial charge in [0, 0.05) is 6.07 Å². The molecule has 0 aromatic heterocycles. The van der Waals surface area contributed by atoms with Crippen LogP contribution in [-0.2, 0) is 14.8 Å². The number of ether oxygens (including phenoxy) is 3. The van der Waals surface area contributed by atoms with Crippen LogP contribution in [0.4, 0.5) is 10.1 Å². The Morgan fingerprint density at radius 1 is 0.895 bits per heavy atom. The molecule has 8 nitrogen and oxygen atoms in total. The Labute approximate surface area is 223 Å². The minimum absolute atomic E-state index is 0.110. The number of anilines is 1. The number of nitrogens with zero attached hydrogens (tertiary/aromatic N) is 1. The molecule has 0 heterocycles. The summed E-state index contributed by atoms with van der Waals surface area (Å²) in [6, 6.07) is 16.1. The maximum Gasteiger partial charge on any atom is 0.264 e. The van der Waals surface area contributed by atoms with Gasteiger partial charge in [0.1, 0.15) is 18.1 Å². The molecule has 0 aliphatic heterocycles. The summed E-state index contributed by atoms with van der Waals surface area (Å²) in [6.45, 7) is 3.55. The lowest BCUT2D eigenvalue weighted by Crippen LogP contribution is -2.42. The zero-order valence-corrected chi connectivity index (χ0v) is 22.9. The molecule has 204 valence electrons. The Balaban J connectivity index is 1.96. The molecule has 1 N–H and O–H groups in total. The molecular weight excluding hydrogens is 511 g/mol. The van der Waals surface area contributed by atoms with Gasteiger partial charge in [-0.05, 0) is 66.4 Å². The molecule has 0 bridgehead atoms. The van der Waals surface area contributed by atoms with E-state index in [1.807, 2.05) is 26.0 Å². The number of rotatable bonds is 12. The molecule has 3 aromatic carbocycles. The molecule has 0 saturated heterocycles. The van der Waals surface area contributed by atoms with Crippen LogP contribution in [0.25, 0.3) is 0 Å². The van der Waals surface area contributed by atoms with Crippen molar-refractivity contribution in [2.24, 2.45) is 5.92 Å². The van der Waals surface area contributed by atoms with E-state index < -0.39 is 28.3 Å². The summed E-state index contributed by atoms with van der Waals surface area (Å²) in [5, 5.41) is 2.97. The van der Waals surface area contributed by atoms with Crippen molar-refractivity contribution in [3.05, 3.63) is 78.1 Å². The Hall–Kier alpha value is -3.79. The van der Waals surface area contributed by atoms with E-state index in [0.29, 0.717) is 17.9 Å². The first-order valence-electron chi connectivity index (χ1n) is 12.0. The monoisotopic (exact) mass is 544 g/mol. The fourth-order valence-corrected chi connectivity index (χ4v) is 5.42.